The maximum Gasteiger partial charge on any atom is 0.0483 e. The van der Waals surface area contributed by atoms with Crippen molar-refractivity contribution < 1.29 is 0 Å². The van der Waals surface area contributed by atoms with Crippen LogP contribution < -0.4 is 0 Å². The van der Waals surface area contributed by atoms with E-state index < -0.39 is 8.07 Å². The fourth-order valence-electron chi connectivity index (χ4n) is 6.24. The second-order valence-electron chi connectivity index (χ2n) is 10.1. The Labute approximate surface area is 143 Å². The molecule has 1 heteroatoms. The molecule has 0 radical (unpaired) electrons. The molecule has 0 bridgehead atoms. The number of hydrogen-bond acceptors (Lipinski definition) is 0. The first-order chi connectivity index (χ1) is 10.5. The maximum absolute atomic E-state index is 4.05. The Balaban J connectivity index is 2.29. The standard InChI is InChI=1S/C22H32Si/c1-9-16-11-10-12-19-18(16)13-17(14-23(6,7)8)22(19)20(2,3)15-21(22,4)5/h9-13H,1,14-15H2,2-8H3. The summed E-state index contributed by atoms with van der Waals surface area (Å²) in [6.07, 6.45) is 5.85. The number of hydrogen-bond donors (Lipinski definition) is 0. The Morgan fingerprint density at radius 1 is 1.09 bits per heavy atom. The van der Waals surface area contributed by atoms with Crippen LogP contribution >= 0.6 is 0 Å². The normalized spacial score (nSPS) is 23.2. The molecule has 1 aromatic carbocycles. The van der Waals surface area contributed by atoms with Crippen molar-refractivity contribution >= 4 is 20.2 Å². The zero-order chi connectivity index (χ0) is 17.3. The minimum absolute atomic E-state index is 0.203. The summed E-state index contributed by atoms with van der Waals surface area (Å²) in [6, 6.07) is 8.13. The molecule has 23 heavy (non-hydrogen) atoms. The highest BCUT2D eigenvalue weighted by Crippen LogP contribution is 2.74. The summed E-state index contributed by atoms with van der Waals surface area (Å²) in [5, 5.41) is 0. The summed E-state index contributed by atoms with van der Waals surface area (Å²) in [5.41, 5.74) is 6.85. The molecule has 0 aromatic heterocycles. The lowest BCUT2D eigenvalue weighted by Crippen LogP contribution is -2.64. The van der Waals surface area contributed by atoms with Gasteiger partial charge in [0.05, 0.1) is 0 Å². The van der Waals surface area contributed by atoms with Gasteiger partial charge in [-0.3, -0.25) is 0 Å². The number of allylic oxidation sites excluding steroid dienone is 1. The molecule has 0 atom stereocenters. The smallest absolute Gasteiger partial charge is 0.0483 e. The van der Waals surface area contributed by atoms with Gasteiger partial charge in [0.2, 0.25) is 0 Å². The van der Waals surface area contributed by atoms with Crippen molar-refractivity contribution in [3.63, 3.8) is 0 Å². The SMILES string of the molecule is C=Cc1cccc2c1C=C(C[Si](C)(C)C)C21C(C)(C)CC1(C)C. The third-order valence-electron chi connectivity index (χ3n) is 6.20. The van der Waals surface area contributed by atoms with Crippen LogP contribution in [0.2, 0.25) is 25.7 Å². The molecule has 0 unspecified atom stereocenters. The van der Waals surface area contributed by atoms with Gasteiger partial charge >= 0.3 is 0 Å². The predicted octanol–water partition coefficient (Wildman–Crippen LogP) is 6.76. The van der Waals surface area contributed by atoms with Crippen molar-refractivity contribution in [2.24, 2.45) is 10.8 Å². The van der Waals surface area contributed by atoms with E-state index in [9.17, 15) is 0 Å². The average molecular weight is 325 g/mol. The third-order valence-corrected chi connectivity index (χ3v) is 7.64. The van der Waals surface area contributed by atoms with Crippen LogP contribution in [0, 0.1) is 10.8 Å². The summed E-state index contributed by atoms with van der Waals surface area (Å²) < 4.78 is 0. The van der Waals surface area contributed by atoms with Crippen LogP contribution in [0.4, 0.5) is 0 Å². The minimum atomic E-state index is -1.18. The van der Waals surface area contributed by atoms with Gasteiger partial charge < -0.3 is 0 Å². The Bertz CT molecular complexity index is 681. The van der Waals surface area contributed by atoms with Gasteiger partial charge in [-0.1, -0.05) is 89.8 Å². The number of fused-ring (bicyclic) bond motifs is 2. The van der Waals surface area contributed by atoms with Crippen LogP contribution in [0.3, 0.4) is 0 Å². The summed E-state index contributed by atoms with van der Waals surface area (Å²) in [6.45, 7) is 21.5. The number of benzene rings is 1. The van der Waals surface area contributed by atoms with E-state index in [1.54, 1.807) is 11.1 Å². The summed E-state index contributed by atoms with van der Waals surface area (Å²) in [7, 11) is -1.18. The molecule has 0 N–H and O–H groups in total. The average Bonchev–Trinajstić information content (AvgIpc) is 2.71. The van der Waals surface area contributed by atoms with Gasteiger partial charge in [0.1, 0.15) is 0 Å². The maximum atomic E-state index is 4.05. The molecule has 124 valence electrons. The van der Waals surface area contributed by atoms with Crippen LogP contribution in [0.5, 0.6) is 0 Å². The van der Waals surface area contributed by atoms with E-state index in [2.05, 4.69) is 78.2 Å². The highest BCUT2D eigenvalue weighted by Gasteiger charge is 2.69. The van der Waals surface area contributed by atoms with Crippen molar-refractivity contribution in [1.82, 2.24) is 0 Å². The molecule has 3 rings (SSSR count). The molecule has 0 nitrogen and oxygen atoms in total. The Kier molecular flexibility index (Phi) is 3.44. The third kappa shape index (κ3) is 2.08. The molecular formula is C22H32Si. The molecule has 1 spiro atoms. The first kappa shape index (κ1) is 16.8. The van der Waals surface area contributed by atoms with E-state index in [0.717, 1.165) is 0 Å². The predicted molar refractivity (Wildman–Crippen MR) is 107 cm³/mol. The van der Waals surface area contributed by atoms with Crippen molar-refractivity contribution in [1.29, 1.82) is 0 Å². The molecule has 1 saturated carbocycles. The van der Waals surface area contributed by atoms with Crippen molar-refractivity contribution in [3.8, 4) is 0 Å². The lowest BCUT2D eigenvalue weighted by molar-refractivity contribution is -0.0889. The van der Waals surface area contributed by atoms with Gasteiger partial charge in [0.25, 0.3) is 0 Å². The van der Waals surface area contributed by atoms with Gasteiger partial charge in [-0.2, -0.15) is 0 Å². The molecule has 0 saturated heterocycles. The molecule has 0 aliphatic heterocycles. The van der Waals surface area contributed by atoms with Gasteiger partial charge in [-0.05, 0) is 40.0 Å². The lowest BCUT2D eigenvalue weighted by atomic mass is 9.35. The van der Waals surface area contributed by atoms with Crippen molar-refractivity contribution in [3.05, 3.63) is 47.0 Å². The van der Waals surface area contributed by atoms with Gasteiger partial charge in [-0.25, -0.2) is 0 Å². The van der Waals surface area contributed by atoms with E-state index in [1.165, 1.54) is 23.6 Å². The molecule has 2 aliphatic carbocycles. The fourth-order valence-corrected chi connectivity index (χ4v) is 7.75. The Morgan fingerprint density at radius 3 is 2.17 bits per heavy atom. The van der Waals surface area contributed by atoms with Gasteiger partial charge in [0, 0.05) is 13.5 Å². The first-order valence-corrected chi connectivity index (χ1v) is 12.6. The van der Waals surface area contributed by atoms with E-state index in [0.29, 0.717) is 10.8 Å². The van der Waals surface area contributed by atoms with E-state index in [4.69, 9.17) is 0 Å². The largest absolute Gasteiger partial charge is 0.0984 e. The fraction of sp³-hybridized carbons (Fsp3) is 0.545. The van der Waals surface area contributed by atoms with E-state index in [-0.39, 0.29) is 5.41 Å². The highest BCUT2D eigenvalue weighted by molar-refractivity contribution is 6.76. The van der Waals surface area contributed by atoms with Crippen LogP contribution in [0.15, 0.2) is 30.4 Å². The van der Waals surface area contributed by atoms with Gasteiger partial charge in [0.15, 0.2) is 0 Å². The van der Waals surface area contributed by atoms with Crippen molar-refractivity contribution in [2.45, 2.75) is 65.2 Å². The Hall–Kier alpha value is -1.08. The molecule has 1 fully saturated rings. The molecule has 0 amide bonds. The second-order valence-corrected chi connectivity index (χ2v) is 15.6. The van der Waals surface area contributed by atoms with E-state index in [1.807, 2.05) is 6.08 Å². The lowest BCUT2D eigenvalue weighted by Gasteiger charge is -2.68. The van der Waals surface area contributed by atoms with Crippen LogP contribution in [-0.4, -0.2) is 8.07 Å². The topological polar surface area (TPSA) is 0 Å². The summed E-state index contributed by atoms with van der Waals surface area (Å²) in [5.74, 6) is 0. The Morgan fingerprint density at radius 2 is 1.70 bits per heavy atom. The zero-order valence-corrected chi connectivity index (χ0v) is 17.0. The van der Waals surface area contributed by atoms with Crippen LogP contribution in [0.25, 0.3) is 12.2 Å². The minimum Gasteiger partial charge on any atom is -0.0984 e. The highest BCUT2D eigenvalue weighted by atomic mass is 28.3. The van der Waals surface area contributed by atoms with E-state index >= 15 is 0 Å². The van der Waals surface area contributed by atoms with Crippen LogP contribution in [-0.2, 0) is 5.41 Å². The first-order valence-electron chi connectivity index (χ1n) is 8.93. The molecular weight excluding hydrogens is 292 g/mol. The van der Waals surface area contributed by atoms with Crippen LogP contribution in [0.1, 0.15) is 50.8 Å². The summed E-state index contributed by atoms with van der Waals surface area (Å²) >= 11 is 0. The summed E-state index contributed by atoms with van der Waals surface area (Å²) in [4.78, 5) is 0. The monoisotopic (exact) mass is 324 g/mol. The van der Waals surface area contributed by atoms with Crippen molar-refractivity contribution in [2.75, 3.05) is 0 Å². The quantitative estimate of drug-likeness (QED) is 0.539. The second kappa shape index (κ2) is 4.72. The number of rotatable bonds is 3. The zero-order valence-electron chi connectivity index (χ0n) is 16.0. The van der Waals surface area contributed by atoms with Gasteiger partial charge in [-0.15, -0.1) is 0 Å². The molecule has 0 heterocycles. The molecule has 2 aliphatic rings. The molecule has 1 aromatic rings.